The third kappa shape index (κ3) is 4.48. The average molecular weight is 399 g/mol. The molecule has 154 valence electrons. The molecular formula is C21H25N3O5. The van der Waals surface area contributed by atoms with Crippen molar-refractivity contribution in [3.63, 3.8) is 0 Å². The van der Waals surface area contributed by atoms with E-state index in [1.54, 1.807) is 0 Å². The Bertz CT molecular complexity index is 921. The highest BCUT2D eigenvalue weighted by atomic mass is 16.5. The lowest BCUT2D eigenvalue weighted by atomic mass is 10.1. The number of rotatable bonds is 6. The lowest BCUT2D eigenvalue weighted by Gasteiger charge is -2.24. The van der Waals surface area contributed by atoms with Crippen molar-refractivity contribution in [1.29, 1.82) is 0 Å². The first-order valence-corrected chi connectivity index (χ1v) is 9.40. The predicted octanol–water partition coefficient (Wildman–Crippen LogP) is 2.37. The molecule has 0 aliphatic carbocycles. The van der Waals surface area contributed by atoms with Crippen molar-refractivity contribution in [3.05, 3.63) is 53.3 Å². The second-order valence-electron chi connectivity index (χ2n) is 6.96. The summed E-state index contributed by atoms with van der Waals surface area (Å²) >= 11 is 0. The third-order valence-electron chi connectivity index (χ3n) is 5.16. The van der Waals surface area contributed by atoms with Crippen LogP contribution in [0.1, 0.15) is 45.3 Å². The molecule has 1 aromatic carbocycles. The van der Waals surface area contributed by atoms with Crippen molar-refractivity contribution in [1.82, 2.24) is 9.47 Å². The van der Waals surface area contributed by atoms with Crippen LogP contribution >= 0.6 is 0 Å². The van der Waals surface area contributed by atoms with E-state index in [0.29, 0.717) is 0 Å². The fourth-order valence-corrected chi connectivity index (χ4v) is 3.73. The van der Waals surface area contributed by atoms with E-state index in [1.165, 1.54) is 38.1 Å². The molecule has 29 heavy (non-hydrogen) atoms. The summed E-state index contributed by atoms with van der Waals surface area (Å²) < 4.78 is 11.6. The number of nitrogens with zero attached hydrogens (tertiary/aromatic N) is 2. The van der Waals surface area contributed by atoms with E-state index in [4.69, 9.17) is 9.47 Å². The molecule has 1 amide bonds. The topological polar surface area (TPSA) is 89.9 Å². The van der Waals surface area contributed by atoms with E-state index >= 15 is 0 Å². The molecule has 0 spiro atoms. The fraction of sp³-hybridized carbons (Fsp3) is 0.381. The number of esters is 2. The van der Waals surface area contributed by atoms with Gasteiger partial charge in [0.15, 0.2) is 0 Å². The van der Waals surface area contributed by atoms with Crippen LogP contribution in [0.4, 0.5) is 5.69 Å². The summed E-state index contributed by atoms with van der Waals surface area (Å²) in [4.78, 5) is 38.8. The van der Waals surface area contributed by atoms with Crippen LogP contribution in [0.3, 0.4) is 0 Å². The number of ether oxygens (including phenoxy) is 2. The Kier molecular flexibility index (Phi) is 6.33. The number of carbonyl (C=O) groups excluding carboxylic acids is 3. The minimum atomic E-state index is -0.598. The van der Waals surface area contributed by atoms with Gasteiger partial charge in [-0.25, -0.2) is 9.59 Å². The number of nitrogens with one attached hydrogen (secondary N) is 1. The number of hydrogen-bond acceptors (Lipinski definition) is 6. The van der Waals surface area contributed by atoms with Crippen LogP contribution in [-0.2, 0) is 21.3 Å². The molecule has 3 rings (SSSR count). The highest BCUT2D eigenvalue weighted by molar-refractivity contribution is 6.03. The van der Waals surface area contributed by atoms with E-state index < -0.39 is 11.9 Å². The molecule has 1 saturated heterocycles. The Labute approximate surface area is 169 Å². The summed E-state index contributed by atoms with van der Waals surface area (Å²) in [6.07, 6.45) is 3.98. The lowest BCUT2D eigenvalue weighted by molar-refractivity contribution is -0.117. The fourth-order valence-electron chi connectivity index (χ4n) is 3.73. The molecule has 2 heterocycles. The highest BCUT2D eigenvalue weighted by Gasteiger charge is 2.29. The molecule has 1 aromatic heterocycles. The Morgan fingerprint density at radius 2 is 1.90 bits per heavy atom. The van der Waals surface area contributed by atoms with E-state index in [-0.39, 0.29) is 35.3 Å². The Balaban J connectivity index is 1.78. The van der Waals surface area contributed by atoms with Crippen LogP contribution < -0.4 is 5.32 Å². The van der Waals surface area contributed by atoms with Gasteiger partial charge in [0.2, 0.25) is 5.91 Å². The summed E-state index contributed by atoms with van der Waals surface area (Å²) in [7, 11) is 4.52. The number of methoxy groups -OCH3 is 2. The monoisotopic (exact) mass is 399 g/mol. The van der Waals surface area contributed by atoms with Crippen molar-refractivity contribution in [2.75, 3.05) is 32.6 Å². The van der Waals surface area contributed by atoms with Gasteiger partial charge in [0.1, 0.15) is 0 Å². The molecule has 1 aliphatic heterocycles. The van der Waals surface area contributed by atoms with Gasteiger partial charge in [-0.15, -0.1) is 0 Å². The first-order chi connectivity index (χ1) is 13.9. The lowest BCUT2D eigenvalue weighted by Crippen LogP contribution is -2.34. The number of hydrogen-bond donors (Lipinski definition) is 1. The SMILES string of the molecule is COC(=O)c1ccc(C(=O)OC)c(NC(=O)CN2CCC[C@@H]2c2cccn2C)c1. The number of aryl methyl sites for hydroxylation is 1. The van der Waals surface area contributed by atoms with Crippen molar-refractivity contribution in [2.45, 2.75) is 18.9 Å². The molecule has 0 bridgehead atoms. The minimum Gasteiger partial charge on any atom is -0.465 e. The zero-order chi connectivity index (χ0) is 21.0. The first-order valence-electron chi connectivity index (χ1n) is 9.40. The molecule has 1 fully saturated rings. The van der Waals surface area contributed by atoms with E-state index in [2.05, 4.69) is 20.9 Å². The number of benzene rings is 1. The van der Waals surface area contributed by atoms with Gasteiger partial charge >= 0.3 is 11.9 Å². The summed E-state index contributed by atoms with van der Waals surface area (Å²) in [5, 5.41) is 2.76. The quantitative estimate of drug-likeness (QED) is 0.750. The number of aromatic nitrogens is 1. The zero-order valence-electron chi connectivity index (χ0n) is 16.8. The van der Waals surface area contributed by atoms with Crippen molar-refractivity contribution >= 4 is 23.5 Å². The molecular weight excluding hydrogens is 374 g/mol. The van der Waals surface area contributed by atoms with Gasteiger partial charge in [0.05, 0.1) is 43.6 Å². The van der Waals surface area contributed by atoms with E-state index in [9.17, 15) is 14.4 Å². The maximum atomic E-state index is 12.8. The molecule has 8 nitrogen and oxygen atoms in total. The predicted molar refractivity (Wildman–Crippen MR) is 107 cm³/mol. The number of amides is 1. The van der Waals surface area contributed by atoms with Gasteiger partial charge in [-0.05, 0) is 49.7 Å². The van der Waals surface area contributed by atoms with E-state index in [1.807, 2.05) is 19.3 Å². The third-order valence-corrected chi connectivity index (χ3v) is 5.16. The molecule has 8 heteroatoms. The van der Waals surface area contributed by atoms with Crippen LogP contribution in [0.2, 0.25) is 0 Å². The second kappa shape index (κ2) is 8.91. The molecule has 0 unspecified atom stereocenters. The molecule has 0 saturated carbocycles. The maximum Gasteiger partial charge on any atom is 0.339 e. The Hall–Kier alpha value is -3.13. The van der Waals surface area contributed by atoms with Gasteiger partial charge in [-0.3, -0.25) is 9.69 Å². The Morgan fingerprint density at radius 3 is 2.55 bits per heavy atom. The summed E-state index contributed by atoms with van der Waals surface area (Å²) in [6, 6.07) is 8.55. The summed E-state index contributed by atoms with van der Waals surface area (Å²) in [5.74, 6) is -1.42. The maximum absolute atomic E-state index is 12.8. The van der Waals surface area contributed by atoms with Gasteiger partial charge in [-0.2, -0.15) is 0 Å². The molecule has 1 aliphatic rings. The average Bonchev–Trinajstić information content (AvgIpc) is 3.34. The summed E-state index contributed by atoms with van der Waals surface area (Å²) in [5.41, 5.74) is 1.80. The largest absolute Gasteiger partial charge is 0.465 e. The van der Waals surface area contributed by atoms with Crippen LogP contribution in [0.25, 0.3) is 0 Å². The standard InChI is InChI=1S/C21H25N3O5/c1-23-10-4-6-17(23)18-7-5-11-24(18)13-19(25)22-16-12-14(20(26)28-2)8-9-15(16)21(27)29-3/h4,6,8-10,12,18H,5,7,11,13H2,1-3H3,(H,22,25)/t18-/m1/s1. The van der Waals surface area contributed by atoms with Crippen LogP contribution in [-0.4, -0.2) is 54.6 Å². The smallest absolute Gasteiger partial charge is 0.339 e. The van der Waals surface area contributed by atoms with Crippen LogP contribution in [0.5, 0.6) is 0 Å². The normalized spacial score (nSPS) is 16.4. The van der Waals surface area contributed by atoms with E-state index in [0.717, 1.165) is 19.4 Å². The second-order valence-corrected chi connectivity index (χ2v) is 6.96. The summed E-state index contributed by atoms with van der Waals surface area (Å²) in [6.45, 7) is 0.994. The zero-order valence-corrected chi connectivity index (χ0v) is 16.8. The van der Waals surface area contributed by atoms with Crippen LogP contribution in [0, 0.1) is 0 Å². The van der Waals surface area contributed by atoms with Gasteiger partial charge < -0.3 is 19.4 Å². The minimum absolute atomic E-state index is 0.169. The highest BCUT2D eigenvalue weighted by Crippen LogP contribution is 2.31. The first kappa shape index (κ1) is 20.6. The van der Waals surface area contributed by atoms with Gasteiger partial charge in [0, 0.05) is 18.9 Å². The number of likely N-dealkylation sites (tertiary alicyclic amines) is 1. The van der Waals surface area contributed by atoms with Crippen molar-refractivity contribution in [3.8, 4) is 0 Å². The number of carbonyl (C=O) groups is 3. The molecule has 0 radical (unpaired) electrons. The van der Waals surface area contributed by atoms with Crippen molar-refractivity contribution < 1.29 is 23.9 Å². The molecule has 1 N–H and O–H groups in total. The van der Waals surface area contributed by atoms with Gasteiger partial charge in [-0.1, -0.05) is 0 Å². The molecule has 2 aromatic rings. The molecule has 1 atom stereocenters. The van der Waals surface area contributed by atoms with Gasteiger partial charge in [0.25, 0.3) is 0 Å². The van der Waals surface area contributed by atoms with Crippen LogP contribution in [0.15, 0.2) is 36.5 Å². The Morgan fingerprint density at radius 1 is 1.14 bits per heavy atom. The number of anilines is 1. The van der Waals surface area contributed by atoms with Crippen molar-refractivity contribution in [2.24, 2.45) is 7.05 Å².